The topological polar surface area (TPSA) is 52.6 Å². The zero-order chi connectivity index (χ0) is 12.6. The minimum Gasteiger partial charge on any atom is -0.393 e. The summed E-state index contributed by atoms with van der Waals surface area (Å²) in [5, 5.41) is 13.0. The molecule has 3 fully saturated rings. The SMILES string of the molecule is O=C1N([C@H]2CC[C@H](O)CC2)CCC12CCCNC2. The Labute approximate surface area is 109 Å². The number of piperidine rings is 1. The minimum atomic E-state index is -0.135. The normalized spacial score (nSPS) is 41.6. The van der Waals surface area contributed by atoms with Gasteiger partial charge in [0.05, 0.1) is 11.5 Å². The number of nitrogens with one attached hydrogen (secondary N) is 1. The molecule has 18 heavy (non-hydrogen) atoms. The van der Waals surface area contributed by atoms with Crippen molar-refractivity contribution in [2.75, 3.05) is 19.6 Å². The van der Waals surface area contributed by atoms with E-state index in [0.717, 1.165) is 64.6 Å². The Morgan fingerprint density at radius 1 is 1.22 bits per heavy atom. The molecule has 2 saturated heterocycles. The van der Waals surface area contributed by atoms with Gasteiger partial charge in [0, 0.05) is 19.1 Å². The lowest BCUT2D eigenvalue weighted by Gasteiger charge is -2.36. The van der Waals surface area contributed by atoms with Crippen molar-refractivity contribution in [3.05, 3.63) is 0 Å². The Morgan fingerprint density at radius 3 is 2.67 bits per heavy atom. The maximum atomic E-state index is 12.7. The number of likely N-dealkylation sites (tertiary alicyclic amines) is 1. The maximum Gasteiger partial charge on any atom is 0.230 e. The highest BCUT2D eigenvalue weighted by Crippen LogP contribution is 2.40. The summed E-state index contributed by atoms with van der Waals surface area (Å²) in [5.41, 5.74) is -0.0890. The first-order chi connectivity index (χ1) is 8.71. The fourth-order valence-electron chi connectivity index (χ4n) is 3.93. The van der Waals surface area contributed by atoms with E-state index in [1.807, 2.05) is 0 Å². The van der Waals surface area contributed by atoms with Crippen LogP contribution in [0.1, 0.15) is 44.9 Å². The van der Waals surface area contributed by atoms with Crippen molar-refractivity contribution in [1.82, 2.24) is 10.2 Å². The van der Waals surface area contributed by atoms with Crippen molar-refractivity contribution in [3.8, 4) is 0 Å². The first-order valence-electron chi connectivity index (χ1n) is 7.41. The van der Waals surface area contributed by atoms with Crippen LogP contribution < -0.4 is 5.32 Å². The third-order valence-corrected chi connectivity index (χ3v) is 5.13. The van der Waals surface area contributed by atoms with E-state index in [4.69, 9.17) is 0 Å². The molecule has 2 aliphatic heterocycles. The van der Waals surface area contributed by atoms with Gasteiger partial charge in [0.2, 0.25) is 5.91 Å². The Hall–Kier alpha value is -0.610. The van der Waals surface area contributed by atoms with Gasteiger partial charge in [-0.25, -0.2) is 0 Å². The lowest BCUT2D eigenvalue weighted by Crippen LogP contribution is -2.48. The Balaban J connectivity index is 1.66. The summed E-state index contributed by atoms with van der Waals surface area (Å²) >= 11 is 0. The fourth-order valence-corrected chi connectivity index (χ4v) is 3.93. The summed E-state index contributed by atoms with van der Waals surface area (Å²) in [7, 11) is 0. The average molecular weight is 252 g/mol. The van der Waals surface area contributed by atoms with E-state index in [1.54, 1.807) is 0 Å². The zero-order valence-corrected chi connectivity index (χ0v) is 11.0. The van der Waals surface area contributed by atoms with Crippen LogP contribution >= 0.6 is 0 Å². The number of carbonyl (C=O) groups is 1. The van der Waals surface area contributed by atoms with Crippen molar-refractivity contribution < 1.29 is 9.90 Å². The highest BCUT2D eigenvalue weighted by Gasteiger charge is 2.48. The third kappa shape index (κ3) is 2.05. The number of hydrogen-bond donors (Lipinski definition) is 2. The van der Waals surface area contributed by atoms with E-state index < -0.39 is 0 Å². The predicted molar refractivity (Wildman–Crippen MR) is 69.1 cm³/mol. The summed E-state index contributed by atoms with van der Waals surface area (Å²) in [6.07, 6.45) is 6.77. The van der Waals surface area contributed by atoms with Gasteiger partial charge >= 0.3 is 0 Å². The molecule has 2 heterocycles. The number of nitrogens with zero attached hydrogens (tertiary/aromatic N) is 1. The number of hydrogen-bond acceptors (Lipinski definition) is 3. The number of carbonyl (C=O) groups excluding carboxylic acids is 1. The fraction of sp³-hybridized carbons (Fsp3) is 0.929. The molecule has 1 spiro atoms. The second-order valence-corrected chi connectivity index (χ2v) is 6.27. The van der Waals surface area contributed by atoms with Crippen LogP contribution in [0, 0.1) is 5.41 Å². The lowest BCUT2D eigenvalue weighted by molar-refractivity contribution is -0.139. The Morgan fingerprint density at radius 2 is 2.00 bits per heavy atom. The Kier molecular flexibility index (Phi) is 3.32. The Bertz CT molecular complexity index is 318. The van der Waals surface area contributed by atoms with Crippen molar-refractivity contribution in [2.24, 2.45) is 5.41 Å². The molecule has 3 rings (SSSR count). The molecule has 1 aliphatic carbocycles. The van der Waals surface area contributed by atoms with Crippen LogP contribution in [-0.2, 0) is 4.79 Å². The smallest absolute Gasteiger partial charge is 0.230 e. The van der Waals surface area contributed by atoms with Gasteiger partial charge in [-0.05, 0) is 51.5 Å². The molecular weight excluding hydrogens is 228 g/mol. The van der Waals surface area contributed by atoms with Gasteiger partial charge in [-0.15, -0.1) is 0 Å². The summed E-state index contributed by atoms with van der Waals surface area (Å²) in [5.74, 6) is 0.385. The van der Waals surface area contributed by atoms with Crippen LogP contribution in [0.4, 0.5) is 0 Å². The predicted octanol–water partition coefficient (Wildman–Crippen LogP) is 0.892. The van der Waals surface area contributed by atoms with Crippen LogP contribution in [0.15, 0.2) is 0 Å². The standard InChI is InChI=1S/C14H24N2O2/c17-12-4-2-11(3-5-12)16-9-7-14(13(16)18)6-1-8-15-10-14/h11-12,15,17H,1-10H2/t11-,12-,14?. The minimum absolute atomic E-state index is 0.0890. The molecule has 2 N–H and O–H groups in total. The number of amides is 1. The zero-order valence-electron chi connectivity index (χ0n) is 11.0. The van der Waals surface area contributed by atoms with Gasteiger partial charge in [0.1, 0.15) is 0 Å². The van der Waals surface area contributed by atoms with Crippen LogP contribution in [0.2, 0.25) is 0 Å². The van der Waals surface area contributed by atoms with Gasteiger partial charge < -0.3 is 15.3 Å². The molecule has 0 bridgehead atoms. The molecule has 0 radical (unpaired) electrons. The van der Waals surface area contributed by atoms with Crippen molar-refractivity contribution >= 4 is 5.91 Å². The molecule has 0 aromatic heterocycles. The molecular formula is C14H24N2O2. The van der Waals surface area contributed by atoms with E-state index in [2.05, 4.69) is 10.2 Å². The van der Waals surface area contributed by atoms with Crippen molar-refractivity contribution in [1.29, 1.82) is 0 Å². The lowest BCUT2D eigenvalue weighted by atomic mass is 9.79. The molecule has 1 amide bonds. The first-order valence-corrected chi connectivity index (χ1v) is 7.41. The van der Waals surface area contributed by atoms with Gasteiger partial charge in [-0.1, -0.05) is 0 Å². The van der Waals surface area contributed by atoms with Crippen molar-refractivity contribution in [3.63, 3.8) is 0 Å². The second kappa shape index (κ2) is 4.82. The quantitative estimate of drug-likeness (QED) is 0.729. The summed E-state index contributed by atoms with van der Waals surface area (Å²) in [4.78, 5) is 14.8. The largest absolute Gasteiger partial charge is 0.393 e. The van der Waals surface area contributed by atoms with Gasteiger partial charge in [0.25, 0.3) is 0 Å². The van der Waals surface area contributed by atoms with Crippen LogP contribution in [0.25, 0.3) is 0 Å². The molecule has 1 atom stereocenters. The molecule has 0 aromatic rings. The molecule has 1 unspecified atom stereocenters. The van der Waals surface area contributed by atoms with Crippen LogP contribution in [-0.4, -0.2) is 47.7 Å². The van der Waals surface area contributed by atoms with E-state index in [0.29, 0.717) is 11.9 Å². The number of rotatable bonds is 1. The summed E-state index contributed by atoms with van der Waals surface area (Å²) in [6.45, 7) is 2.86. The molecule has 1 saturated carbocycles. The maximum absolute atomic E-state index is 12.7. The molecule has 102 valence electrons. The van der Waals surface area contributed by atoms with E-state index in [-0.39, 0.29) is 11.5 Å². The average Bonchev–Trinajstić information content (AvgIpc) is 2.70. The van der Waals surface area contributed by atoms with Crippen LogP contribution in [0.3, 0.4) is 0 Å². The van der Waals surface area contributed by atoms with Gasteiger partial charge in [-0.2, -0.15) is 0 Å². The van der Waals surface area contributed by atoms with E-state index in [9.17, 15) is 9.90 Å². The first kappa shape index (κ1) is 12.4. The molecule has 0 aromatic carbocycles. The number of aliphatic hydroxyl groups is 1. The molecule has 3 aliphatic rings. The third-order valence-electron chi connectivity index (χ3n) is 5.13. The van der Waals surface area contributed by atoms with Crippen LogP contribution in [0.5, 0.6) is 0 Å². The van der Waals surface area contributed by atoms with Gasteiger partial charge in [-0.3, -0.25) is 4.79 Å². The summed E-state index contributed by atoms with van der Waals surface area (Å²) < 4.78 is 0. The van der Waals surface area contributed by atoms with E-state index >= 15 is 0 Å². The highest BCUT2D eigenvalue weighted by atomic mass is 16.3. The highest BCUT2D eigenvalue weighted by molar-refractivity contribution is 5.85. The monoisotopic (exact) mass is 252 g/mol. The number of aliphatic hydroxyl groups excluding tert-OH is 1. The van der Waals surface area contributed by atoms with E-state index in [1.165, 1.54) is 0 Å². The van der Waals surface area contributed by atoms with Gasteiger partial charge in [0.15, 0.2) is 0 Å². The second-order valence-electron chi connectivity index (χ2n) is 6.27. The summed E-state index contributed by atoms with van der Waals surface area (Å²) in [6, 6.07) is 0.391. The molecule has 4 nitrogen and oxygen atoms in total. The molecule has 4 heteroatoms. The van der Waals surface area contributed by atoms with Crippen molar-refractivity contribution in [2.45, 2.75) is 57.1 Å².